The lowest BCUT2D eigenvalue weighted by molar-refractivity contribution is -0.134. The normalized spacial score (nSPS) is 14.8. The lowest BCUT2D eigenvalue weighted by Crippen LogP contribution is -2.30. The van der Waals surface area contributed by atoms with E-state index in [1.807, 2.05) is 13.8 Å². The number of carbonyl (C=O) groups is 1. The predicted octanol–water partition coefficient (Wildman–Crippen LogP) is 9.43. The smallest absolute Gasteiger partial charge is 0.311 e. The molecule has 0 aliphatic heterocycles. The van der Waals surface area contributed by atoms with Crippen LogP contribution in [0.4, 0.5) is 17.6 Å². The maximum absolute atomic E-state index is 14.0. The minimum absolute atomic E-state index is 0.0183. The number of hydrogen-bond donors (Lipinski definition) is 6. The molecule has 370 valence electrons. The Morgan fingerprint density at radius 1 is 0.625 bits per heavy atom. The van der Waals surface area contributed by atoms with E-state index in [1.165, 1.54) is 35.4 Å². The van der Waals surface area contributed by atoms with E-state index in [-0.39, 0.29) is 25.9 Å². The number of benzene rings is 1. The van der Waals surface area contributed by atoms with Gasteiger partial charge < -0.3 is 49.6 Å². The van der Waals surface area contributed by atoms with Crippen molar-refractivity contribution in [3.05, 3.63) is 51.4 Å². The molecule has 64 heavy (non-hydrogen) atoms. The van der Waals surface area contributed by atoms with E-state index in [1.54, 1.807) is 0 Å². The summed E-state index contributed by atoms with van der Waals surface area (Å²) in [5.74, 6) is -8.90. The van der Waals surface area contributed by atoms with E-state index in [2.05, 4.69) is 23.3 Å². The molecule has 0 heterocycles. The lowest BCUT2D eigenvalue weighted by Gasteiger charge is -2.24. The van der Waals surface area contributed by atoms with Crippen LogP contribution in [-0.2, 0) is 23.7 Å². The standard InChI is InChI=1S/C46H74F4N2O9S.C2H6/c1-33-42(47)43(48)44(49)45(50)46(33)61-40(56)20-9-7-5-3-2-4-6-8-18-36(34-14-12-15-34)51-22-26-57-28-30-59-31-29-58-27-23-52-37(35-16-13-17-35)19-10-11-25-60-41(62)32-39(55)38(54)21-24-53;1-2/h38-39,41,51-55,62H,2-32H2,1H3;1-2H3. The summed E-state index contributed by atoms with van der Waals surface area (Å²) in [7, 11) is 0. The van der Waals surface area contributed by atoms with E-state index in [0.29, 0.717) is 52.7 Å². The molecular formula is C48H80F4N2O9S. The number of nitrogens with one attached hydrogen (secondary N) is 2. The third kappa shape index (κ3) is 23.3. The number of rotatable bonds is 37. The second kappa shape index (κ2) is 35.7. The Morgan fingerprint density at radius 3 is 1.56 bits per heavy atom. The van der Waals surface area contributed by atoms with Crippen LogP contribution in [0.3, 0.4) is 0 Å². The van der Waals surface area contributed by atoms with Gasteiger partial charge in [0.15, 0.2) is 17.4 Å². The fraction of sp³-hybridized carbons (Fsp3) is 0.771. The largest absolute Gasteiger partial charge is 0.423 e. The number of aliphatic hydroxyl groups excluding tert-OH is 3. The second-order valence-corrected chi connectivity index (χ2v) is 16.8. The zero-order chi connectivity index (χ0) is 47.0. The Bertz CT molecular complexity index is 1460. The molecule has 3 rings (SSSR count). The van der Waals surface area contributed by atoms with Crippen LogP contribution in [0.2, 0.25) is 0 Å². The number of aliphatic hydroxyl groups is 3. The van der Waals surface area contributed by atoms with Crippen LogP contribution in [0.1, 0.15) is 154 Å². The van der Waals surface area contributed by atoms with Crippen molar-refractivity contribution in [1.82, 2.24) is 10.6 Å². The van der Waals surface area contributed by atoms with Gasteiger partial charge in [-0.05, 0) is 90.4 Å². The van der Waals surface area contributed by atoms with E-state index >= 15 is 0 Å². The van der Waals surface area contributed by atoms with Crippen molar-refractivity contribution < 1.29 is 61.4 Å². The highest BCUT2D eigenvalue weighted by atomic mass is 32.1. The third-order valence-corrected chi connectivity index (χ3v) is 11.7. The molecule has 3 atom stereocenters. The summed E-state index contributed by atoms with van der Waals surface area (Å²) in [4.78, 5) is 12.1. The van der Waals surface area contributed by atoms with Crippen molar-refractivity contribution in [2.24, 2.45) is 0 Å². The summed E-state index contributed by atoms with van der Waals surface area (Å²) in [6, 6.07) is 0. The number of hydrogen-bond acceptors (Lipinski definition) is 12. The molecule has 2 saturated carbocycles. The predicted molar refractivity (Wildman–Crippen MR) is 245 cm³/mol. The topological polar surface area (TPSA) is 148 Å². The Morgan fingerprint density at radius 2 is 1.08 bits per heavy atom. The monoisotopic (exact) mass is 937 g/mol. The quantitative estimate of drug-likeness (QED) is 0.00555. The van der Waals surface area contributed by atoms with Crippen molar-refractivity contribution in [2.75, 3.05) is 65.9 Å². The van der Waals surface area contributed by atoms with Gasteiger partial charge in [0.25, 0.3) is 0 Å². The van der Waals surface area contributed by atoms with Crippen LogP contribution in [0.25, 0.3) is 0 Å². The molecule has 2 fully saturated rings. The Labute approximate surface area is 385 Å². The van der Waals surface area contributed by atoms with Gasteiger partial charge in [0.05, 0.1) is 51.8 Å². The molecule has 5 N–H and O–H groups in total. The fourth-order valence-corrected chi connectivity index (χ4v) is 7.52. The Balaban J connectivity index is 0.00000694. The van der Waals surface area contributed by atoms with Crippen LogP contribution in [-0.4, -0.2) is 105 Å². The molecule has 2 aliphatic rings. The number of unbranched alkanes of at least 4 members (excludes halogenated alkanes) is 8. The SMILES string of the molecule is CC.Cc1c(F)c(F)c(F)c(F)c1OC(=O)CCCCCCCCCCC(NCCOCCOCCOCCNC(CCCCOC(S)CC(O)C(O)CCO)=C1CCC1)=C1CCC1. The van der Waals surface area contributed by atoms with Crippen LogP contribution in [0.5, 0.6) is 5.75 Å². The molecule has 3 unspecified atom stereocenters. The maximum Gasteiger partial charge on any atom is 0.311 e. The van der Waals surface area contributed by atoms with Gasteiger partial charge in [-0.15, -0.1) is 12.6 Å². The number of allylic oxidation sites excluding steroid dienone is 4. The van der Waals surface area contributed by atoms with Crippen LogP contribution in [0, 0.1) is 30.2 Å². The average Bonchev–Trinajstić information content (AvgIpc) is 3.24. The van der Waals surface area contributed by atoms with Crippen molar-refractivity contribution in [3.63, 3.8) is 0 Å². The van der Waals surface area contributed by atoms with Crippen LogP contribution in [0.15, 0.2) is 22.5 Å². The van der Waals surface area contributed by atoms with Gasteiger partial charge in [-0.2, -0.15) is 4.39 Å². The lowest BCUT2D eigenvalue weighted by atomic mass is 9.89. The summed E-state index contributed by atoms with van der Waals surface area (Å²) >= 11 is 4.36. The first-order valence-corrected chi connectivity index (χ1v) is 24.5. The van der Waals surface area contributed by atoms with E-state index in [4.69, 9.17) is 28.8 Å². The number of carbonyl (C=O) groups excluding carboxylic acids is 1. The molecule has 0 bridgehead atoms. The zero-order valence-corrected chi connectivity index (χ0v) is 39.8. The second-order valence-electron chi connectivity index (χ2n) is 16.2. The number of esters is 1. The fourth-order valence-electron chi connectivity index (χ4n) is 7.20. The maximum atomic E-state index is 14.0. The van der Waals surface area contributed by atoms with Gasteiger partial charge in [0.1, 0.15) is 5.44 Å². The van der Waals surface area contributed by atoms with Gasteiger partial charge in [-0.1, -0.05) is 63.5 Å². The van der Waals surface area contributed by atoms with Gasteiger partial charge in [0, 0.05) is 56.1 Å². The molecule has 1 aromatic rings. The molecule has 2 aliphatic carbocycles. The third-order valence-electron chi connectivity index (χ3n) is 11.3. The summed E-state index contributed by atoms with van der Waals surface area (Å²) in [6.45, 7) is 10.2. The molecule has 0 saturated heterocycles. The van der Waals surface area contributed by atoms with Gasteiger partial charge in [-0.3, -0.25) is 4.79 Å². The molecule has 11 nitrogen and oxygen atoms in total. The first-order valence-electron chi connectivity index (χ1n) is 24.0. The molecule has 1 aromatic carbocycles. The van der Waals surface area contributed by atoms with Crippen molar-refractivity contribution in [2.45, 2.75) is 173 Å². The zero-order valence-electron chi connectivity index (χ0n) is 38.9. The molecule has 16 heteroatoms. The van der Waals surface area contributed by atoms with Crippen LogP contribution < -0.4 is 15.4 Å². The number of ether oxygens (including phenoxy) is 5. The first kappa shape index (κ1) is 57.7. The van der Waals surface area contributed by atoms with E-state index in [0.717, 1.165) is 116 Å². The van der Waals surface area contributed by atoms with Gasteiger partial charge in [0.2, 0.25) is 11.6 Å². The average molecular weight is 937 g/mol. The van der Waals surface area contributed by atoms with Gasteiger partial charge in [-0.25, -0.2) is 13.2 Å². The summed E-state index contributed by atoms with van der Waals surface area (Å²) < 4.78 is 82.3. The minimum Gasteiger partial charge on any atom is -0.423 e. The van der Waals surface area contributed by atoms with Crippen molar-refractivity contribution in [1.29, 1.82) is 0 Å². The van der Waals surface area contributed by atoms with Crippen LogP contribution >= 0.6 is 12.6 Å². The van der Waals surface area contributed by atoms with Gasteiger partial charge >= 0.3 is 5.97 Å². The molecule has 0 amide bonds. The Hall–Kier alpha value is -2.44. The highest BCUT2D eigenvalue weighted by Gasteiger charge is 2.26. The van der Waals surface area contributed by atoms with Crippen molar-refractivity contribution in [3.8, 4) is 5.75 Å². The highest BCUT2D eigenvalue weighted by molar-refractivity contribution is 7.80. The molecular weight excluding hydrogens is 857 g/mol. The number of thiol groups is 1. The summed E-state index contributed by atoms with van der Waals surface area (Å²) in [5.41, 5.74) is 4.66. The molecule has 0 aromatic heterocycles. The minimum atomic E-state index is -2.00. The molecule has 0 spiro atoms. The highest BCUT2D eigenvalue weighted by Crippen LogP contribution is 2.32. The first-order chi connectivity index (χ1) is 31.0. The summed E-state index contributed by atoms with van der Waals surface area (Å²) in [5, 5.41) is 35.8. The molecule has 0 radical (unpaired) electrons. The summed E-state index contributed by atoms with van der Waals surface area (Å²) in [6.07, 6.45) is 17.0. The van der Waals surface area contributed by atoms with E-state index < -0.39 is 58.2 Å². The Kier molecular flexibility index (Phi) is 32.2. The number of halogens is 4. The van der Waals surface area contributed by atoms with E-state index in [9.17, 15) is 32.6 Å². The van der Waals surface area contributed by atoms with Crippen molar-refractivity contribution >= 4 is 18.6 Å².